The maximum Gasteiger partial charge on any atom is 0.257 e. The highest BCUT2D eigenvalue weighted by Gasteiger charge is 2.10. The molecule has 98 valence electrons. The van der Waals surface area contributed by atoms with Crippen LogP contribution < -0.4 is 15.8 Å². The summed E-state index contributed by atoms with van der Waals surface area (Å²) in [4.78, 5) is 12.1. The minimum Gasteiger partial charge on any atom is -0.497 e. The van der Waals surface area contributed by atoms with Crippen LogP contribution in [0.15, 0.2) is 46.9 Å². The number of nitrogen functional groups attached to an aromatic ring is 1. The van der Waals surface area contributed by atoms with Gasteiger partial charge in [0.05, 0.1) is 12.7 Å². The van der Waals surface area contributed by atoms with E-state index in [9.17, 15) is 4.79 Å². The number of methoxy groups -OCH3 is 1. The molecule has 2 rings (SSSR count). The lowest BCUT2D eigenvalue weighted by atomic mass is 10.1. The Labute approximate surface area is 119 Å². The third-order valence-corrected chi connectivity index (χ3v) is 3.08. The van der Waals surface area contributed by atoms with Crippen LogP contribution in [0.25, 0.3) is 0 Å². The number of carbonyl (C=O) groups excluding carboxylic acids is 1. The molecule has 0 aliphatic rings. The third kappa shape index (κ3) is 3.26. The zero-order valence-electron chi connectivity index (χ0n) is 10.3. The highest BCUT2D eigenvalue weighted by Crippen LogP contribution is 2.21. The van der Waals surface area contributed by atoms with Gasteiger partial charge in [-0.1, -0.05) is 22.0 Å². The molecule has 0 heterocycles. The van der Waals surface area contributed by atoms with Gasteiger partial charge in [0.25, 0.3) is 5.91 Å². The third-order valence-electron chi connectivity index (χ3n) is 2.59. The Hall–Kier alpha value is -2.01. The van der Waals surface area contributed by atoms with Crippen molar-refractivity contribution in [3.8, 4) is 5.75 Å². The van der Waals surface area contributed by atoms with E-state index in [0.29, 0.717) is 22.7 Å². The number of hydrogen-bond donors (Lipinski definition) is 2. The van der Waals surface area contributed by atoms with Crippen molar-refractivity contribution in [2.75, 3.05) is 18.2 Å². The topological polar surface area (TPSA) is 64.3 Å². The van der Waals surface area contributed by atoms with E-state index in [0.717, 1.165) is 4.47 Å². The van der Waals surface area contributed by atoms with E-state index in [4.69, 9.17) is 10.5 Å². The number of halogens is 1. The maximum absolute atomic E-state index is 12.1. The maximum atomic E-state index is 12.1. The van der Waals surface area contributed by atoms with E-state index in [1.54, 1.807) is 43.5 Å². The second kappa shape index (κ2) is 5.75. The molecule has 19 heavy (non-hydrogen) atoms. The van der Waals surface area contributed by atoms with Crippen LogP contribution >= 0.6 is 15.9 Å². The molecule has 1 amide bonds. The molecule has 0 spiro atoms. The molecule has 2 aromatic carbocycles. The summed E-state index contributed by atoms with van der Waals surface area (Å²) in [6, 6.07) is 12.3. The molecular weight excluding hydrogens is 308 g/mol. The molecule has 5 heteroatoms. The smallest absolute Gasteiger partial charge is 0.257 e. The van der Waals surface area contributed by atoms with E-state index < -0.39 is 0 Å². The molecule has 0 aromatic heterocycles. The Morgan fingerprint density at radius 1 is 1.26 bits per heavy atom. The first kappa shape index (κ1) is 13.4. The summed E-state index contributed by atoms with van der Waals surface area (Å²) < 4.78 is 5.94. The van der Waals surface area contributed by atoms with Gasteiger partial charge in [0, 0.05) is 21.9 Å². The van der Waals surface area contributed by atoms with Crippen LogP contribution in [0.1, 0.15) is 10.4 Å². The van der Waals surface area contributed by atoms with Gasteiger partial charge < -0.3 is 15.8 Å². The summed E-state index contributed by atoms with van der Waals surface area (Å²) in [6.45, 7) is 0. The SMILES string of the molecule is COc1cccc(NC(=O)c2ccc(Br)cc2N)c1. The van der Waals surface area contributed by atoms with Crippen LogP contribution in [0, 0.1) is 0 Å². The van der Waals surface area contributed by atoms with Gasteiger partial charge in [-0.05, 0) is 30.3 Å². The lowest BCUT2D eigenvalue weighted by Crippen LogP contribution is -2.14. The molecule has 2 aromatic rings. The molecule has 0 saturated carbocycles. The van der Waals surface area contributed by atoms with Crippen molar-refractivity contribution in [2.45, 2.75) is 0 Å². The Morgan fingerprint density at radius 3 is 2.74 bits per heavy atom. The molecule has 4 nitrogen and oxygen atoms in total. The van der Waals surface area contributed by atoms with Crippen molar-refractivity contribution in [3.05, 3.63) is 52.5 Å². The van der Waals surface area contributed by atoms with Crippen molar-refractivity contribution in [2.24, 2.45) is 0 Å². The lowest BCUT2D eigenvalue weighted by Gasteiger charge is -2.09. The monoisotopic (exact) mass is 320 g/mol. The number of benzene rings is 2. The predicted octanol–water partition coefficient (Wildman–Crippen LogP) is 3.29. The van der Waals surface area contributed by atoms with E-state index in [-0.39, 0.29) is 5.91 Å². The summed E-state index contributed by atoms with van der Waals surface area (Å²) in [7, 11) is 1.58. The molecule has 0 aliphatic heterocycles. The number of hydrogen-bond acceptors (Lipinski definition) is 3. The van der Waals surface area contributed by atoms with Crippen LogP contribution in [0.4, 0.5) is 11.4 Å². The van der Waals surface area contributed by atoms with Gasteiger partial charge in [0.2, 0.25) is 0 Å². The molecule has 0 bridgehead atoms. The van der Waals surface area contributed by atoms with Crippen molar-refractivity contribution in [1.82, 2.24) is 0 Å². The fourth-order valence-corrected chi connectivity index (χ4v) is 2.02. The van der Waals surface area contributed by atoms with Gasteiger partial charge in [-0.25, -0.2) is 0 Å². The normalized spacial score (nSPS) is 10.0. The average Bonchev–Trinajstić information content (AvgIpc) is 2.38. The molecular formula is C14H13BrN2O2. The van der Waals surface area contributed by atoms with Crippen LogP contribution in [-0.4, -0.2) is 13.0 Å². The first-order chi connectivity index (χ1) is 9.10. The number of carbonyl (C=O) groups is 1. The second-order valence-corrected chi connectivity index (χ2v) is 4.83. The average molecular weight is 321 g/mol. The number of amides is 1. The Morgan fingerprint density at radius 2 is 2.05 bits per heavy atom. The minimum absolute atomic E-state index is 0.252. The van der Waals surface area contributed by atoms with Crippen molar-refractivity contribution >= 4 is 33.2 Å². The first-order valence-electron chi connectivity index (χ1n) is 5.60. The highest BCUT2D eigenvalue weighted by molar-refractivity contribution is 9.10. The van der Waals surface area contributed by atoms with Crippen LogP contribution in [0.3, 0.4) is 0 Å². The summed E-state index contributed by atoms with van der Waals surface area (Å²) in [5, 5.41) is 2.78. The molecule has 0 aliphatic carbocycles. The van der Waals surface area contributed by atoms with Crippen LogP contribution in [0.5, 0.6) is 5.75 Å². The second-order valence-electron chi connectivity index (χ2n) is 3.92. The molecule has 0 unspecified atom stereocenters. The van der Waals surface area contributed by atoms with Crippen LogP contribution in [-0.2, 0) is 0 Å². The van der Waals surface area contributed by atoms with Gasteiger partial charge in [-0.15, -0.1) is 0 Å². The van der Waals surface area contributed by atoms with Gasteiger partial charge in [0.15, 0.2) is 0 Å². The summed E-state index contributed by atoms with van der Waals surface area (Å²) in [5.74, 6) is 0.430. The summed E-state index contributed by atoms with van der Waals surface area (Å²) in [6.07, 6.45) is 0. The Bertz CT molecular complexity index is 614. The number of anilines is 2. The van der Waals surface area contributed by atoms with E-state index in [1.807, 2.05) is 6.07 Å². The van der Waals surface area contributed by atoms with Gasteiger partial charge in [0.1, 0.15) is 5.75 Å². The van der Waals surface area contributed by atoms with E-state index >= 15 is 0 Å². The molecule has 3 N–H and O–H groups in total. The lowest BCUT2D eigenvalue weighted by molar-refractivity contribution is 0.102. The number of nitrogens with two attached hydrogens (primary N) is 1. The van der Waals surface area contributed by atoms with E-state index in [1.165, 1.54) is 0 Å². The number of ether oxygens (including phenoxy) is 1. The number of nitrogens with one attached hydrogen (secondary N) is 1. The fourth-order valence-electron chi connectivity index (χ4n) is 1.64. The van der Waals surface area contributed by atoms with Crippen molar-refractivity contribution in [3.63, 3.8) is 0 Å². The molecule has 0 saturated heterocycles. The first-order valence-corrected chi connectivity index (χ1v) is 6.40. The van der Waals surface area contributed by atoms with Crippen molar-refractivity contribution in [1.29, 1.82) is 0 Å². The van der Waals surface area contributed by atoms with Crippen molar-refractivity contribution < 1.29 is 9.53 Å². The quantitative estimate of drug-likeness (QED) is 0.853. The van der Waals surface area contributed by atoms with Gasteiger partial charge in [-0.2, -0.15) is 0 Å². The molecule has 0 fully saturated rings. The highest BCUT2D eigenvalue weighted by atomic mass is 79.9. The standard InChI is InChI=1S/C14H13BrN2O2/c1-19-11-4-2-3-10(8-11)17-14(18)12-6-5-9(15)7-13(12)16/h2-8H,16H2,1H3,(H,17,18). The Kier molecular flexibility index (Phi) is 4.06. The molecule has 0 atom stereocenters. The van der Waals surface area contributed by atoms with Crippen LogP contribution in [0.2, 0.25) is 0 Å². The zero-order valence-corrected chi connectivity index (χ0v) is 11.9. The van der Waals surface area contributed by atoms with Gasteiger partial charge >= 0.3 is 0 Å². The molecule has 0 radical (unpaired) electrons. The zero-order chi connectivity index (χ0) is 13.8. The minimum atomic E-state index is -0.252. The summed E-state index contributed by atoms with van der Waals surface area (Å²) in [5.41, 5.74) is 7.34. The Balaban J connectivity index is 2.20. The summed E-state index contributed by atoms with van der Waals surface area (Å²) >= 11 is 3.30. The largest absolute Gasteiger partial charge is 0.497 e. The van der Waals surface area contributed by atoms with E-state index in [2.05, 4.69) is 21.2 Å². The predicted molar refractivity (Wildman–Crippen MR) is 79.5 cm³/mol. The van der Waals surface area contributed by atoms with Gasteiger partial charge in [-0.3, -0.25) is 4.79 Å². The fraction of sp³-hybridized carbons (Fsp3) is 0.0714. The number of rotatable bonds is 3.